The third-order valence-corrected chi connectivity index (χ3v) is 4.38. The summed E-state index contributed by atoms with van der Waals surface area (Å²) in [6.07, 6.45) is 0.277. The van der Waals surface area contributed by atoms with Crippen LogP contribution < -0.4 is 5.73 Å². The fourth-order valence-corrected chi connectivity index (χ4v) is 3.32. The molecule has 0 aliphatic carbocycles. The molecule has 2 N–H and O–H groups in total. The third-order valence-electron chi connectivity index (χ3n) is 3.35. The van der Waals surface area contributed by atoms with Gasteiger partial charge in [-0.3, -0.25) is 4.90 Å². The molecule has 1 aliphatic rings. The quantitative estimate of drug-likeness (QED) is 0.922. The van der Waals surface area contributed by atoms with Crippen molar-refractivity contribution in [1.82, 2.24) is 9.88 Å². The number of piperidine rings is 1. The van der Waals surface area contributed by atoms with Gasteiger partial charge in [-0.2, -0.15) is 13.2 Å². The summed E-state index contributed by atoms with van der Waals surface area (Å²) in [6, 6.07) is 0. The van der Waals surface area contributed by atoms with Gasteiger partial charge < -0.3 is 5.73 Å². The predicted molar refractivity (Wildman–Crippen MR) is 76.0 cm³/mol. The highest BCUT2D eigenvalue weighted by atomic mass is 35.5. The summed E-state index contributed by atoms with van der Waals surface area (Å²) in [6.45, 7) is 3.11. The van der Waals surface area contributed by atoms with Gasteiger partial charge in [0.15, 0.2) is 5.01 Å². The molecular formula is C12H19ClF3N3S. The number of halogens is 4. The van der Waals surface area contributed by atoms with E-state index in [-0.39, 0.29) is 12.4 Å². The summed E-state index contributed by atoms with van der Waals surface area (Å²) in [5, 5.41) is -0.752. The molecule has 1 unspecified atom stereocenters. The van der Waals surface area contributed by atoms with Crippen molar-refractivity contribution in [3.05, 3.63) is 16.1 Å². The van der Waals surface area contributed by atoms with Gasteiger partial charge in [-0.1, -0.05) is 0 Å². The van der Waals surface area contributed by atoms with E-state index in [1.54, 1.807) is 0 Å². The highest BCUT2D eigenvalue weighted by Crippen LogP contribution is 2.33. The molecule has 8 heteroatoms. The molecule has 2 heterocycles. The van der Waals surface area contributed by atoms with Crippen molar-refractivity contribution < 1.29 is 13.2 Å². The maximum absolute atomic E-state index is 12.5. The van der Waals surface area contributed by atoms with E-state index in [0.717, 1.165) is 37.3 Å². The van der Waals surface area contributed by atoms with Gasteiger partial charge in [-0.25, -0.2) is 4.98 Å². The van der Waals surface area contributed by atoms with Crippen LogP contribution in [0.5, 0.6) is 0 Å². The van der Waals surface area contributed by atoms with Crippen LogP contribution in [0.15, 0.2) is 6.20 Å². The van der Waals surface area contributed by atoms with E-state index >= 15 is 0 Å². The summed E-state index contributed by atoms with van der Waals surface area (Å²) in [4.78, 5) is 6.34. The molecule has 0 bridgehead atoms. The second kappa shape index (κ2) is 7.59. The fraction of sp³-hybridized carbons (Fsp3) is 0.750. The van der Waals surface area contributed by atoms with E-state index < -0.39 is 11.2 Å². The summed E-state index contributed by atoms with van der Waals surface area (Å²) in [5.74, 6) is 0.578. The van der Waals surface area contributed by atoms with Crippen molar-refractivity contribution in [3.8, 4) is 0 Å². The first-order valence-electron chi connectivity index (χ1n) is 6.43. The van der Waals surface area contributed by atoms with Crippen LogP contribution in [-0.2, 0) is 12.7 Å². The molecule has 0 saturated carbocycles. The third kappa shape index (κ3) is 4.87. The molecular weight excluding hydrogens is 311 g/mol. The van der Waals surface area contributed by atoms with Crippen LogP contribution in [0.25, 0.3) is 0 Å². The zero-order chi connectivity index (χ0) is 13.9. The van der Waals surface area contributed by atoms with Crippen LogP contribution in [0.2, 0.25) is 0 Å². The average Bonchev–Trinajstić information content (AvgIpc) is 2.78. The molecule has 0 amide bonds. The summed E-state index contributed by atoms with van der Waals surface area (Å²) in [5.41, 5.74) is 5.56. The number of alkyl halides is 3. The number of rotatable bonds is 4. The predicted octanol–water partition coefficient (Wildman–Crippen LogP) is 3.14. The lowest BCUT2D eigenvalue weighted by atomic mass is 9.95. The van der Waals surface area contributed by atoms with E-state index in [2.05, 4.69) is 9.88 Å². The second-order valence-corrected chi connectivity index (χ2v) is 6.07. The molecule has 116 valence electrons. The number of nitrogens with zero attached hydrogens (tertiary/aromatic N) is 2. The smallest absolute Gasteiger partial charge is 0.330 e. The van der Waals surface area contributed by atoms with E-state index in [4.69, 9.17) is 5.73 Å². The van der Waals surface area contributed by atoms with Crippen molar-refractivity contribution in [2.75, 3.05) is 19.6 Å². The Balaban J connectivity index is 0.00000200. The lowest BCUT2D eigenvalue weighted by Crippen LogP contribution is -2.35. The van der Waals surface area contributed by atoms with Crippen LogP contribution in [-0.4, -0.2) is 29.5 Å². The molecule has 3 nitrogen and oxygen atoms in total. The number of likely N-dealkylation sites (tertiary alicyclic amines) is 1. The Bertz CT molecular complexity index is 409. The van der Waals surface area contributed by atoms with Crippen molar-refractivity contribution in [2.45, 2.75) is 32.0 Å². The second-order valence-electron chi connectivity index (χ2n) is 4.95. The first-order chi connectivity index (χ1) is 8.99. The number of aromatic nitrogens is 1. The highest BCUT2D eigenvalue weighted by molar-refractivity contribution is 7.11. The summed E-state index contributed by atoms with van der Waals surface area (Å²) < 4.78 is 37.4. The Morgan fingerprint density at radius 1 is 1.45 bits per heavy atom. The van der Waals surface area contributed by atoms with E-state index in [0.29, 0.717) is 23.9 Å². The molecule has 20 heavy (non-hydrogen) atoms. The topological polar surface area (TPSA) is 42.1 Å². The lowest BCUT2D eigenvalue weighted by Gasteiger charge is -2.32. The molecule has 1 atom stereocenters. The molecule has 2 rings (SSSR count). The number of nitrogens with two attached hydrogens (primary N) is 1. The minimum Gasteiger partial charge on any atom is -0.330 e. The first kappa shape index (κ1) is 17.7. The van der Waals surface area contributed by atoms with Crippen molar-refractivity contribution in [2.24, 2.45) is 11.7 Å². The fourth-order valence-electron chi connectivity index (χ4n) is 2.50. The summed E-state index contributed by atoms with van der Waals surface area (Å²) in [7, 11) is 0. The molecule has 1 saturated heterocycles. The van der Waals surface area contributed by atoms with Crippen LogP contribution in [0.1, 0.15) is 29.1 Å². The van der Waals surface area contributed by atoms with Gasteiger partial charge in [-0.05, 0) is 38.3 Å². The average molecular weight is 330 g/mol. The Hall–Kier alpha value is -0.370. The zero-order valence-corrected chi connectivity index (χ0v) is 12.7. The summed E-state index contributed by atoms with van der Waals surface area (Å²) >= 11 is 0.746. The van der Waals surface area contributed by atoms with E-state index in [9.17, 15) is 13.2 Å². The number of hydrogen-bond acceptors (Lipinski definition) is 4. The van der Waals surface area contributed by atoms with E-state index in [1.165, 1.54) is 12.6 Å². The minimum absolute atomic E-state index is 0. The molecule has 1 aromatic rings. The van der Waals surface area contributed by atoms with Crippen molar-refractivity contribution >= 4 is 23.7 Å². The Labute approximate surface area is 126 Å². The largest absolute Gasteiger partial charge is 0.443 e. The molecule has 0 aromatic carbocycles. The Morgan fingerprint density at radius 2 is 2.20 bits per heavy atom. The van der Waals surface area contributed by atoms with Crippen LogP contribution in [0.3, 0.4) is 0 Å². The number of hydrogen-bond donors (Lipinski definition) is 1. The first-order valence-corrected chi connectivity index (χ1v) is 7.25. The Morgan fingerprint density at radius 3 is 2.80 bits per heavy atom. The van der Waals surface area contributed by atoms with E-state index in [1.807, 2.05) is 0 Å². The van der Waals surface area contributed by atoms with Crippen molar-refractivity contribution in [3.63, 3.8) is 0 Å². The van der Waals surface area contributed by atoms with Crippen LogP contribution in [0, 0.1) is 5.92 Å². The molecule has 1 aliphatic heterocycles. The molecule has 1 fully saturated rings. The molecule has 0 radical (unpaired) electrons. The standard InChI is InChI=1S/C12H18F3N3S.ClH/c13-12(14,15)11-17-6-10(19-11)8-18-5-1-2-9(7-18)3-4-16;/h6,9H,1-5,7-8,16H2;1H. The Kier molecular flexibility index (Phi) is 6.71. The SMILES string of the molecule is Cl.NCCC1CCCN(Cc2cnc(C(F)(F)F)s2)C1. The number of thiazole rings is 1. The van der Waals surface area contributed by atoms with Gasteiger partial charge in [-0.15, -0.1) is 23.7 Å². The molecule has 1 aromatic heterocycles. The van der Waals surface area contributed by atoms with Gasteiger partial charge in [0.1, 0.15) is 0 Å². The van der Waals surface area contributed by atoms with Crippen molar-refractivity contribution in [1.29, 1.82) is 0 Å². The van der Waals surface area contributed by atoms with Crippen LogP contribution >= 0.6 is 23.7 Å². The normalized spacial score (nSPS) is 20.7. The van der Waals surface area contributed by atoms with Gasteiger partial charge in [0.2, 0.25) is 0 Å². The zero-order valence-electron chi connectivity index (χ0n) is 11.0. The minimum atomic E-state index is -4.33. The van der Waals surface area contributed by atoms with Gasteiger partial charge in [0, 0.05) is 24.2 Å². The maximum atomic E-state index is 12.5. The molecule has 0 spiro atoms. The van der Waals surface area contributed by atoms with Gasteiger partial charge >= 0.3 is 6.18 Å². The lowest BCUT2D eigenvalue weighted by molar-refractivity contribution is -0.137. The van der Waals surface area contributed by atoms with Crippen LogP contribution in [0.4, 0.5) is 13.2 Å². The maximum Gasteiger partial charge on any atom is 0.443 e. The van der Waals surface area contributed by atoms with Gasteiger partial charge in [0.05, 0.1) is 0 Å². The van der Waals surface area contributed by atoms with Gasteiger partial charge in [0.25, 0.3) is 0 Å². The highest BCUT2D eigenvalue weighted by Gasteiger charge is 2.34. The monoisotopic (exact) mass is 329 g/mol.